The Bertz CT molecular complexity index is 1200. The summed E-state index contributed by atoms with van der Waals surface area (Å²) in [5, 5.41) is 26.3. The maximum atomic E-state index is 13.1. The highest BCUT2D eigenvalue weighted by atomic mass is 16.4. The van der Waals surface area contributed by atoms with Gasteiger partial charge in [-0.05, 0) is 148 Å². The van der Waals surface area contributed by atoms with E-state index in [1.54, 1.807) is 0 Å². The second kappa shape index (κ2) is 8.71. The zero-order chi connectivity index (χ0) is 29.5. The third kappa shape index (κ3) is 3.18. The summed E-state index contributed by atoms with van der Waals surface area (Å²) in [6, 6.07) is 0. The Balaban J connectivity index is 1.10. The zero-order valence-electron chi connectivity index (χ0n) is 26.6. The molecule has 0 aromatic heterocycles. The molecule has 42 heavy (non-hydrogen) atoms. The molecule has 0 radical (unpaired) electrons. The summed E-state index contributed by atoms with van der Waals surface area (Å²) in [5.41, 5.74) is 0.438. The van der Waals surface area contributed by atoms with Crippen molar-refractivity contribution >= 4 is 11.6 Å². The smallest absolute Gasteiger partial charge is 0.155 e. The predicted octanol–water partition coefficient (Wildman–Crippen LogP) is 7.51. The van der Waals surface area contributed by atoms with Gasteiger partial charge in [0.15, 0.2) is 11.6 Å². The quantitative estimate of drug-likeness (QED) is 0.340. The van der Waals surface area contributed by atoms with Crippen LogP contribution < -0.4 is 0 Å². The first-order valence-corrected chi connectivity index (χ1v) is 17.7. The summed E-state index contributed by atoms with van der Waals surface area (Å²) in [6.07, 6.45) is 19.4. The molecule has 6 saturated carbocycles. The molecule has 230 valence electrons. The van der Waals surface area contributed by atoms with Gasteiger partial charge >= 0.3 is 0 Å². The Labute approximate surface area is 253 Å². The predicted molar refractivity (Wildman–Crippen MR) is 163 cm³/mol. The highest BCUT2D eigenvalue weighted by molar-refractivity contribution is 5.92. The van der Waals surface area contributed by atoms with Crippen LogP contribution in [-0.4, -0.2) is 33.0 Å². The fourth-order valence-corrected chi connectivity index (χ4v) is 14.5. The number of rotatable bonds is 1. The molecular weight excluding hydrogens is 520 g/mol. The summed E-state index contributed by atoms with van der Waals surface area (Å²) in [4.78, 5) is 24.6. The van der Waals surface area contributed by atoms with E-state index in [-0.39, 0.29) is 21.7 Å². The lowest BCUT2D eigenvalue weighted by Gasteiger charge is -2.64. The molecular formula is C38H54O4. The van der Waals surface area contributed by atoms with Gasteiger partial charge < -0.3 is 10.2 Å². The topological polar surface area (TPSA) is 74.6 Å². The molecule has 0 heterocycles. The molecule has 0 aliphatic heterocycles. The van der Waals surface area contributed by atoms with E-state index in [0.717, 1.165) is 89.9 Å². The lowest BCUT2D eigenvalue weighted by molar-refractivity contribution is -0.269. The van der Waals surface area contributed by atoms with E-state index in [1.165, 1.54) is 11.1 Å². The van der Waals surface area contributed by atoms with E-state index in [0.29, 0.717) is 59.9 Å². The third-order valence-electron chi connectivity index (χ3n) is 16.9. The van der Waals surface area contributed by atoms with Gasteiger partial charge in [0.1, 0.15) is 0 Å². The minimum Gasteiger partial charge on any atom is -0.386 e. The number of carbonyl (C=O) groups excluding carboxylic acids is 2. The molecule has 8 rings (SSSR count). The summed E-state index contributed by atoms with van der Waals surface area (Å²) in [5.74, 6) is 3.86. The van der Waals surface area contributed by atoms with Crippen molar-refractivity contribution in [3.05, 3.63) is 23.3 Å². The first-order valence-electron chi connectivity index (χ1n) is 17.7. The normalized spacial score (nSPS) is 56.7. The van der Waals surface area contributed by atoms with Gasteiger partial charge in [-0.2, -0.15) is 0 Å². The van der Waals surface area contributed by atoms with E-state index < -0.39 is 11.2 Å². The fourth-order valence-electron chi connectivity index (χ4n) is 14.5. The number of allylic oxidation sites excluding steroid dienone is 2. The number of carbonyl (C=O) groups is 2. The summed E-state index contributed by atoms with van der Waals surface area (Å²) in [7, 11) is 0. The van der Waals surface area contributed by atoms with E-state index in [1.807, 2.05) is 12.2 Å². The molecule has 6 fully saturated rings. The van der Waals surface area contributed by atoms with E-state index in [4.69, 9.17) is 0 Å². The largest absolute Gasteiger partial charge is 0.386 e. The summed E-state index contributed by atoms with van der Waals surface area (Å²) >= 11 is 0. The van der Waals surface area contributed by atoms with Crippen LogP contribution in [0.15, 0.2) is 23.3 Å². The van der Waals surface area contributed by atoms with Crippen molar-refractivity contribution in [1.29, 1.82) is 0 Å². The van der Waals surface area contributed by atoms with Crippen molar-refractivity contribution < 1.29 is 19.8 Å². The van der Waals surface area contributed by atoms with Crippen molar-refractivity contribution in [3.8, 4) is 0 Å². The first kappa shape index (κ1) is 28.2. The van der Waals surface area contributed by atoms with E-state index >= 15 is 0 Å². The zero-order valence-corrected chi connectivity index (χ0v) is 26.6. The standard InChI is InChI=1S/C38H54O4/c1-33-15-9-25(39)21-23(33)5-7-27-29(33)11-17-35(3)31(27)13-19-37(35,41)38(42)20-14-32-28-8-6-24-22-26(40)10-16-34(24,2)30(28)12-18-36(32,38)4/h21-22,27-32,41-42H,5-20H2,1-4H3/t27-,28+,29+,30-,31-,32-,33+,34-,35-,36-,37+,38-/m0/s1. The lowest BCUT2D eigenvalue weighted by atomic mass is 9.42. The average Bonchev–Trinajstić information content (AvgIpc) is 3.40. The molecule has 8 aliphatic rings. The number of hydrogen-bond donors (Lipinski definition) is 2. The Morgan fingerprint density at radius 3 is 1.31 bits per heavy atom. The molecule has 12 atom stereocenters. The second-order valence-electron chi connectivity index (χ2n) is 17.6. The molecule has 4 heteroatoms. The number of ketones is 2. The van der Waals surface area contributed by atoms with Crippen molar-refractivity contribution in [2.24, 2.45) is 57.2 Å². The molecule has 0 saturated heterocycles. The maximum Gasteiger partial charge on any atom is 0.155 e. The third-order valence-corrected chi connectivity index (χ3v) is 16.9. The molecule has 4 nitrogen and oxygen atoms in total. The Morgan fingerprint density at radius 1 is 0.524 bits per heavy atom. The van der Waals surface area contributed by atoms with Crippen LogP contribution >= 0.6 is 0 Å². The second-order valence-corrected chi connectivity index (χ2v) is 17.6. The molecule has 8 aliphatic carbocycles. The Morgan fingerprint density at radius 2 is 0.905 bits per heavy atom. The van der Waals surface area contributed by atoms with Crippen LogP contribution in [0.2, 0.25) is 0 Å². The van der Waals surface area contributed by atoms with Gasteiger partial charge in [0, 0.05) is 23.7 Å². The first-order chi connectivity index (χ1) is 19.8. The Kier molecular flexibility index (Phi) is 5.86. The number of hydrogen-bond acceptors (Lipinski definition) is 4. The lowest BCUT2D eigenvalue weighted by Crippen LogP contribution is -2.69. The van der Waals surface area contributed by atoms with Gasteiger partial charge in [0.2, 0.25) is 0 Å². The monoisotopic (exact) mass is 574 g/mol. The molecule has 0 aromatic rings. The molecule has 2 N–H and O–H groups in total. The Hall–Kier alpha value is -1.26. The van der Waals surface area contributed by atoms with Crippen molar-refractivity contribution in [3.63, 3.8) is 0 Å². The minimum atomic E-state index is -1.05. The van der Waals surface area contributed by atoms with Crippen molar-refractivity contribution in [2.75, 3.05) is 0 Å². The van der Waals surface area contributed by atoms with Crippen LogP contribution in [0.1, 0.15) is 130 Å². The number of fused-ring (bicyclic) bond motifs is 10. The van der Waals surface area contributed by atoms with Gasteiger partial charge in [0.05, 0.1) is 11.2 Å². The van der Waals surface area contributed by atoms with E-state index in [2.05, 4.69) is 27.7 Å². The molecule has 0 amide bonds. The van der Waals surface area contributed by atoms with Crippen molar-refractivity contribution in [2.45, 2.75) is 142 Å². The molecule has 0 spiro atoms. The maximum absolute atomic E-state index is 13.1. The highest BCUT2D eigenvalue weighted by Crippen LogP contribution is 2.75. The SMILES string of the molecule is C[C@]12CCC(=O)C=C1CC[C@@H]1[C@@H]2CC[C@@]2(C)[C@H]1CC[C@@]2(O)[C@@]1(O)CC[C@H]2[C@H]3CCC4=CC(=O)CC[C@@]4(C)[C@@H]3CC[C@@]21C. The van der Waals surface area contributed by atoms with Gasteiger partial charge in [-0.1, -0.05) is 38.8 Å². The van der Waals surface area contributed by atoms with Crippen LogP contribution in [0.3, 0.4) is 0 Å². The average molecular weight is 575 g/mol. The van der Waals surface area contributed by atoms with Crippen LogP contribution in [-0.2, 0) is 9.59 Å². The number of aliphatic hydroxyl groups is 2. The summed E-state index contributed by atoms with van der Waals surface area (Å²) < 4.78 is 0. The highest BCUT2D eigenvalue weighted by Gasteiger charge is 2.76. The molecule has 0 aromatic carbocycles. The van der Waals surface area contributed by atoms with Crippen LogP contribution in [0.5, 0.6) is 0 Å². The van der Waals surface area contributed by atoms with Crippen molar-refractivity contribution in [1.82, 2.24) is 0 Å². The molecule has 0 unspecified atom stereocenters. The fraction of sp³-hybridized carbons (Fsp3) is 0.842. The van der Waals surface area contributed by atoms with E-state index in [9.17, 15) is 19.8 Å². The summed E-state index contributed by atoms with van der Waals surface area (Å²) in [6.45, 7) is 9.62. The van der Waals surface area contributed by atoms with Crippen LogP contribution in [0, 0.1) is 57.2 Å². The van der Waals surface area contributed by atoms with Crippen LogP contribution in [0.25, 0.3) is 0 Å². The van der Waals surface area contributed by atoms with Gasteiger partial charge in [0.25, 0.3) is 0 Å². The van der Waals surface area contributed by atoms with Gasteiger partial charge in [-0.3, -0.25) is 9.59 Å². The van der Waals surface area contributed by atoms with Gasteiger partial charge in [-0.15, -0.1) is 0 Å². The minimum absolute atomic E-state index is 0.132. The van der Waals surface area contributed by atoms with Crippen LogP contribution in [0.4, 0.5) is 0 Å². The van der Waals surface area contributed by atoms with Gasteiger partial charge in [-0.25, -0.2) is 0 Å². The molecule has 0 bridgehead atoms.